The molecule has 0 amide bonds. The first-order valence-corrected chi connectivity index (χ1v) is 3.88. The van der Waals surface area contributed by atoms with E-state index in [1.807, 2.05) is 6.92 Å². The molecule has 0 spiro atoms. The van der Waals surface area contributed by atoms with Crippen molar-refractivity contribution in [2.24, 2.45) is 0 Å². The van der Waals surface area contributed by atoms with Crippen molar-refractivity contribution in [3.63, 3.8) is 0 Å². The topological polar surface area (TPSA) is 0 Å². The van der Waals surface area contributed by atoms with Crippen LogP contribution in [0, 0.1) is 0 Å². The fourth-order valence-electron chi connectivity index (χ4n) is 0.758. The van der Waals surface area contributed by atoms with E-state index in [4.69, 9.17) is 0 Å². The molecule has 0 aromatic heterocycles. The quantitative estimate of drug-likeness (QED) is 0.576. The summed E-state index contributed by atoms with van der Waals surface area (Å²) in [5, 5.41) is 0. The van der Waals surface area contributed by atoms with Crippen LogP contribution in [0.5, 0.6) is 0 Å². The zero-order chi connectivity index (χ0) is 9.61. The lowest BCUT2D eigenvalue weighted by Gasteiger charge is -2.05. The molecule has 0 aliphatic rings. The number of halogens is 3. The van der Waals surface area contributed by atoms with Gasteiger partial charge in [0.05, 0.1) is 6.42 Å². The molecule has 3 heteroatoms. The molecule has 0 aliphatic heterocycles. The summed E-state index contributed by atoms with van der Waals surface area (Å²) in [6.45, 7) is 3.50. The van der Waals surface area contributed by atoms with E-state index in [1.54, 1.807) is 13.0 Å². The first kappa shape index (κ1) is 11.3. The van der Waals surface area contributed by atoms with Gasteiger partial charge in [-0.3, -0.25) is 0 Å². The molecular weight excluding hydrogens is 165 g/mol. The summed E-state index contributed by atoms with van der Waals surface area (Å²) in [5.74, 6) is 0. The highest BCUT2D eigenvalue weighted by Gasteiger charge is 2.27. The molecule has 12 heavy (non-hydrogen) atoms. The second-order valence-electron chi connectivity index (χ2n) is 2.47. The zero-order valence-corrected chi connectivity index (χ0v) is 7.28. The number of hydrogen-bond donors (Lipinski definition) is 0. The van der Waals surface area contributed by atoms with E-state index < -0.39 is 12.6 Å². The summed E-state index contributed by atoms with van der Waals surface area (Å²) >= 11 is 0. The largest absolute Gasteiger partial charge is 0.393 e. The predicted octanol–water partition coefficient (Wildman–Crippen LogP) is 3.85. The van der Waals surface area contributed by atoms with Crippen molar-refractivity contribution < 1.29 is 13.2 Å². The van der Waals surface area contributed by atoms with Gasteiger partial charge in [0.25, 0.3) is 0 Å². The van der Waals surface area contributed by atoms with Crippen LogP contribution < -0.4 is 0 Å². The molecule has 0 unspecified atom stereocenters. The highest BCUT2D eigenvalue weighted by Crippen LogP contribution is 2.24. The van der Waals surface area contributed by atoms with Crippen LogP contribution in [0.4, 0.5) is 13.2 Å². The van der Waals surface area contributed by atoms with Crippen molar-refractivity contribution in [1.82, 2.24) is 0 Å². The molecular formula is C9H13F3. The molecule has 0 fully saturated rings. The Morgan fingerprint density at radius 3 is 2.25 bits per heavy atom. The van der Waals surface area contributed by atoms with Crippen molar-refractivity contribution in [2.75, 3.05) is 0 Å². The van der Waals surface area contributed by atoms with Crippen LogP contribution in [0.1, 0.15) is 26.7 Å². The van der Waals surface area contributed by atoms with Gasteiger partial charge in [0.2, 0.25) is 0 Å². The number of allylic oxidation sites excluding steroid dienone is 4. The summed E-state index contributed by atoms with van der Waals surface area (Å²) in [6.07, 6.45) is 0.559. The highest BCUT2D eigenvalue weighted by atomic mass is 19.4. The molecule has 0 aliphatic carbocycles. The standard InChI is InChI=1S/C9H13F3/c1-3-5-6-8(4-2)7-9(10,11)12/h4-6H,3,7H2,1-2H3/b6-5-,8-4+. The van der Waals surface area contributed by atoms with Crippen LogP contribution in [0.15, 0.2) is 23.8 Å². The van der Waals surface area contributed by atoms with E-state index in [2.05, 4.69) is 0 Å². The molecule has 0 rings (SSSR count). The maximum absolute atomic E-state index is 11.8. The minimum atomic E-state index is -4.10. The highest BCUT2D eigenvalue weighted by molar-refractivity contribution is 5.18. The Labute approximate surface area is 70.8 Å². The van der Waals surface area contributed by atoms with Crippen LogP contribution >= 0.6 is 0 Å². The minimum absolute atomic E-state index is 0.323. The Bertz CT molecular complexity index is 175. The molecule has 0 bridgehead atoms. The van der Waals surface area contributed by atoms with Gasteiger partial charge in [0.15, 0.2) is 0 Å². The Hall–Kier alpha value is -0.730. The Kier molecular flexibility index (Phi) is 4.71. The molecule has 0 nitrogen and oxygen atoms in total. The van der Waals surface area contributed by atoms with Crippen LogP contribution in [-0.2, 0) is 0 Å². The van der Waals surface area contributed by atoms with Gasteiger partial charge >= 0.3 is 6.18 Å². The van der Waals surface area contributed by atoms with Crippen molar-refractivity contribution in [1.29, 1.82) is 0 Å². The summed E-state index contributed by atoms with van der Waals surface area (Å²) in [6, 6.07) is 0. The van der Waals surface area contributed by atoms with Gasteiger partial charge in [0, 0.05) is 0 Å². The monoisotopic (exact) mass is 178 g/mol. The lowest BCUT2D eigenvalue weighted by atomic mass is 10.1. The Morgan fingerprint density at radius 1 is 1.33 bits per heavy atom. The fourth-order valence-corrected chi connectivity index (χ4v) is 0.758. The van der Waals surface area contributed by atoms with E-state index in [-0.39, 0.29) is 0 Å². The van der Waals surface area contributed by atoms with Gasteiger partial charge in [-0.15, -0.1) is 0 Å². The fraction of sp³-hybridized carbons (Fsp3) is 0.556. The second kappa shape index (κ2) is 5.01. The predicted molar refractivity (Wildman–Crippen MR) is 43.9 cm³/mol. The van der Waals surface area contributed by atoms with E-state index >= 15 is 0 Å². The maximum atomic E-state index is 11.8. The lowest BCUT2D eigenvalue weighted by Crippen LogP contribution is -2.07. The molecule has 0 aromatic rings. The van der Waals surface area contributed by atoms with Crippen molar-refractivity contribution in [2.45, 2.75) is 32.9 Å². The molecule has 0 heterocycles. The van der Waals surface area contributed by atoms with E-state index in [0.29, 0.717) is 5.57 Å². The third-order valence-electron chi connectivity index (χ3n) is 1.34. The van der Waals surface area contributed by atoms with Gasteiger partial charge in [-0.2, -0.15) is 13.2 Å². The first-order chi connectivity index (χ1) is 5.49. The van der Waals surface area contributed by atoms with Crippen molar-refractivity contribution in [3.8, 4) is 0 Å². The van der Waals surface area contributed by atoms with Gasteiger partial charge in [-0.05, 0) is 18.9 Å². The third-order valence-corrected chi connectivity index (χ3v) is 1.34. The minimum Gasteiger partial charge on any atom is -0.171 e. The van der Waals surface area contributed by atoms with E-state index in [1.165, 1.54) is 12.2 Å². The van der Waals surface area contributed by atoms with Gasteiger partial charge in [-0.1, -0.05) is 25.2 Å². The van der Waals surface area contributed by atoms with Crippen molar-refractivity contribution >= 4 is 0 Å². The average molecular weight is 178 g/mol. The Morgan fingerprint density at radius 2 is 1.92 bits per heavy atom. The molecule has 70 valence electrons. The molecule has 0 N–H and O–H groups in total. The van der Waals surface area contributed by atoms with Crippen LogP contribution in [-0.4, -0.2) is 6.18 Å². The molecule has 0 saturated heterocycles. The number of hydrogen-bond acceptors (Lipinski definition) is 0. The second-order valence-corrected chi connectivity index (χ2v) is 2.47. The third kappa shape index (κ3) is 6.01. The summed E-state index contributed by atoms with van der Waals surface area (Å²) in [7, 11) is 0. The SMILES string of the molecule is C/C=C(\C=C/CC)CC(F)(F)F. The summed E-state index contributed by atoms with van der Waals surface area (Å²) in [4.78, 5) is 0. The maximum Gasteiger partial charge on any atom is 0.393 e. The smallest absolute Gasteiger partial charge is 0.171 e. The van der Waals surface area contributed by atoms with Gasteiger partial charge in [0.1, 0.15) is 0 Å². The number of alkyl halides is 3. The summed E-state index contributed by atoms with van der Waals surface area (Å²) < 4.78 is 35.5. The molecule has 0 saturated carbocycles. The lowest BCUT2D eigenvalue weighted by molar-refractivity contribution is -0.126. The van der Waals surface area contributed by atoms with E-state index in [9.17, 15) is 13.2 Å². The van der Waals surface area contributed by atoms with Gasteiger partial charge in [-0.25, -0.2) is 0 Å². The van der Waals surface area contributed by atoms with Crippen molar-refractivity contribution in [3.05, 3.63) is 23.8 Å². The first-order valence-electron chi connectivity index (χ1n) is 3.88. The van der Waals surface area contributed by atoms with Gasteiger partial charge < -0.3 is 0 Å². The normalized spacial score (nSPS) is 14.2. The molecule has 0 atom stereocenters. The van der Waals surface area contributed by atoms with E-state index in [0.717, 1.165) is 6.42 Å². The summed E-state index contributed by atoms with van der Waals surface area (Å²) in [5.41, 5.74) is 0.323. The Balaban J connectivity index is 4.12. The zero-order valence-electron chi connectivity index (χ0n) is 7.28. The number of rotatable bonds is 3. The van der Waals surface area contributed by atoms with Crippen LogP contribution in [0.25, 0.3) is 0 Å². The molecule has 0 aromatic carbocycles. The van der Waals surface area contributed by atoms with Crippen LogP contribution in [0.2, 0.25) is 0 Å². The molecule has 0 radical (unpaired) electrons. The van der Waals surface area contributed by atoms with Crippen LogP contribution in [0.3, 0.4) is 0 Å². The average Bonchev–Trinajstić information content (AvgIpc) is 1.95.